The minimum Gasteiger partial charge on any atom is -0.489 e. The Morgan fingerprint density at radius 1 is 1.09 bits per heavy atom. The third kappa shape index (κ3) is 8.16. The number of benzene rings is 2. The lowest BCUT2D eigenvalue weighted by Gasteiger charge is -2.21. The Morgan fingerprint density at radius 2 is 1.86 bits per heavy atom. The van der Waals surface area contributed by atoms with Gasteiger partial charge in [-0.15, -0.1) is 0 Å². The number of hydrogen-bond donors (Lipinski definition) is 3. The molecule has 1 atom stereocenters. The van der Waals surface area contributed by atoms with Gasteiger partial charge in [-0.05, 0) is 88.0 Å². The second-order valence-corrected chi connectivity index (χ2v) is 11.9. The first kappa shape index (κ1) is 31.5. The first-order valence-corrected chi connectivity index (χ1v) is 15.6. The molecule has 1 aliphatic rings. The van der Waals surface area contributed by atoms with Crippen LogP contribution in [0.2, 0.25) is 5.02 Å². The number of rotatable bonds is 13. The lowest BCUT2D eigenvalue weighted by molar-refractivity contribution is -0.122. The standard InChI is InChI=1S/C34H40ClN5O4/c1-23(2)44-31-12-11-27(19-29(31)35)34(43)37-28(20-36-32(42)22-39-14-3-4-15-39)18-24-7-9-25(10-8-24)30-21-40-16-5-6-26(13-17-41)33(40)38-30/h5-12,16,19,21,23,28,41H,3-4,13-15,17-18,20,22H2,1-2H3,(H,36,42)(H,37,43)/t28-/m0/s1. The van der Waals surface area contributed by atoms with Crippen LogP contribution in [0.5, 0.6) is 5.75 Å². The number of ether oxygens (including phenoxy) is 1. The molecule has 232 valence electrons. The normalized spacial score (nSPS) is 14.2. The summed E-state index contributed by atoms with van der Waals surface area (Å²) in [6.07, 6.45) is 7.18. The Hall–Kier alpha value is -3.92. The molecule has 1 fully saturated rings. The van der Waals surface area contributed by atoms with Gasteiger partial charge in [0.15, 0.2) is 0 Å². The van der Waals surface area contributed by atoms with Crippen molar-refractivity contribution in [1.82, 2.24) is 24.9 Å². The first-order valence-electron chi connectivity index (χ1n) is 15.2. The van der Waals surface area contributed by atoms with E-state index in [4.69, 9.17) is 21.3 Å². The summed E-state index contributed by atoms with van der Waals surface area (Å²) in [4.78, 5) is 33.0. The topological polar surface area (TPSA) is 108 Å². The number of likely N-dealkylation sites (tertiary alicyclic amines) is 1. The largest absolute Gasteiger partial charge is 0.489 e. The number of hydrogen-bond acceptors (Lipinski definition) is 6. The highest BCUT2D eigenvalue weighted by atomic mass is 35.5. The summed E-state index contributed by atoms with van der Waals surface area (Å²) in [5.41, 5.74) is 5.05. The van der Waals surface area contributed by atoms with Gasteiger partial charge in [0, 0.05) is 36.7 Å². The average molecular weight is 618 g/mol. The van der Waals surface area contributed by atoms with Crippen LogP contribution in [0, 0.1) is 0 Å². The number of carbonyl (C=O) groups is 2. The summed E-state index contributed by atoms with van der Waals surface area (Å²) in [6, 6.07) is 16.7. The molecule has 3 N–H and O–H groups in total. The zero-order valence-corrected chi connectivity index (χ0v) is 26.0. The number of nitrogens with one attached hydrogen (secondary N) is 2. The van der Waals surface area contributed by atoms with Gasteiger partial charge < -0.3 is 24.9 Å². The summed E-state index contributed by atoms with van der Waals surface area (Å²) in [7, 11) is 0. The van der Waals surface area contributed by atoms with Crippen molar-refractivity contribution >= 4 is 29.1 Å². The van der Waals surface area contributed by atoms with Crippen LogP contribution in [0.3, 0.4) is 0 Å². The second kappa shape index (κ2) is 14.7. The highest BCUT2D eigenvalue weighted by molar-refractivity contribution is 6.32. The van der Waals surface area contributed by atoms with Crippen LogP contribution < -0.4 is 15.4 Å². The van der Waals surface area contributed by atoms with Gasteiger partial charge >= 0.3 is 0 Å². The lowest BCUT2D eigenvalue weighted by atomic mass is 10.0. The molecule has 0 bridgehead atoms. The van der Waals surface area contributed by atoms with Crippen molar-refractivity contribution in [2.75, 3.05) is 32.8 Å². The van der Waals surface area contributed by atoms with Gasteiger partial charge in [0.1, 0.15) is 11.4 Å². The Kier molecular flexibility index (Phi) is 10.5. The molecule has 0 spiro atoms. The Balaban J connectivity index is 1.29. The summed E-state index contributed by atoms with van der Waals surface area (Å²) in [6.45, 7) is 6.43. The van der Waals surface area contributed by atoms with Crippen LogP contribution in [0.4, 0.5) is 0 Å². The molecule has 0 radical (unpaired) electrons. The van der Waals surface area contributed by atoms with Gasteiger partial charge in [-0.2, -0.15) is 0 Å². The quantitative estimate of drug-likeness (QED) is 0.203. The van der Waals surface area contributed by atoms with Crippen molar-refractivity contribution in [2.45, 2.75) is 51.7 Å². The number of aliphatic hydroxyl groups excluding tert-OH is 1. The maximum atomic E-state index is 13.3. The van der Waals surface area contributed by atoms with E-state index in [0.717, 1.165) is 54.0 Å². The predicted octanol–water partition coefficient (Wildman–Crippen LogP) is 4.53. The molecule has 4 aromatic rings. The van der Waals surface area contributed by atoms with E-state index in [1.165, 1.54) is 0 Å². The monoisotopic (exact) mass is 617 g/mol. The number of halogens is 1. The van der Waals surface area contributed by atoms with E-state index in [2.05, 4.69) is 15.5 Å². The van der Waals surface area contributed by atoms with Gasteiger partial charge in [-0.3, -0.25) is 14.5 Å². The molecule has 0 aliphatic carbocycles. The number of aromatic nitrogens is 2. The van der Waals surface area contributed by atoms with E-state index >= 15 is 0 Å². The van der Waals surface area contributed by atoms with Gasteiger partial charge in [0.25, 0.3) is 5.91 Å². The molecule has 0 unspecified atom stereocenters. The molecule has 1 saturated heterocycles. The fourth-order valence-electron chi connectivity index (χ4n) is 5.49. The molecule has 2 aromatic heterocycles. The fourth-order valence-corrected chi connectivity index (χ4v) is 5.72. The zero-order valence-electron chi connectivity index (χ0n) is 25.3. The number of imidazole rings is 1. The maximum absolute atomic E-state index is 13.3. The van der Waals surface area contributed by atoms with Crippen molar-refractivity contribution in [3.8, 4) is 17.0 Å². The number of nitrogens with zero attached hydrogens (tertiary/aromatic N) is 3. The molecular formula is C34H40ClN5O4. The highest BCUT2D eigenvalue weighted by Gasteiger charge is 2.20. The van der Waals surface area contributed by atoms with Crippen molar-refractivity contribution in [2.24, 2.45) is 0 Å². The van der Waals surface area contributed by atoms with Crippen LogP contribution in [0.15, 0.2) is 67.0 Å². The predicted molar refractivity (Wildman–Crippen MR) is 172 cm³/mol. The molecule has 2 amide bonds. The molecule has 44 heavy (non-hydrogen) atoms. The van der Waals surface area contributed by atoms with Crippen LogP contribution in [-0.2, 0) is 17.6 Å². The van der Waals surface area contributed by atoms with Gasteiger partial charge in [0.2, 0.25) is 5.91 Å². The van der Waals surface area contributed by atoms with Crippen LogP contribution in [0.1, 0.15) is 48.2 Å². The zero-order chi connectivity index (χ0) is 31.1. The summed E-state index contributed by atoms with van der Waals surface area (Å²) >= 11 is 6.40. The Morgan fingerprint density at radius 3 is 2.57 bits per heavy atom. The number of fused-ring (bicyclic) bond motifs is 1. The van der Waals surface area contributed by atoms with Gasteiger partial charge in [-0.25, -0.2) is 4.98 Å². The lowest BCUT2D eigenvalue weighted by Crippen LogP contribution is -2.46. The van der Waals surface area contributed by atoms with E-state index in [9.17, 15) is 14.7 Å². The average Bonchev–Trinajstić information content (AvgIpc) is 3.68. The fraction of sp³-hybridized carbons (Fsp3) is 0.382. The van der Waals surface area contributed by atoms with Gasteiger partial charge in [-0.1, -0.05) is 41.9 Å². The van der Waals surface area contributed by atoms with Crippen molar-refractivity contribution in [3.63, 3.8) is 0 Å². The van der Waals surface area contributed by atoms with E-state index < -0.39 is 0 Å². The molecule has 9 nitrogen and oxygen atoms in total. The number of carbonyl (C=O) groups excluding carboxylic acids is 2. The maximum Gasteiger partial charge on any atom is 0.251 e. The van der Waals surface area contributed by atoms with E-state index in [1.807, 2.05) is 67.0 Å². The van der Waals surface area contributed by atoms with E-state index in [1.54, 1.807) is 18.2 Å². The molecule has 5 rings (SSSR count). The first-order chi connectivity index (χ1) is 21.3. The molecule has 1 aliphatic heterocycles. The minimum atomic E-state index is -0.350. The molecular weight excluding hydrogens is 578 g/mol. The van der Waals surface area contributed by atoms with Crippen molar-refractivity contribution in [1.29, 1.82) is 0 Å². The second-order valence-electron chi connectivity index (χ2n) is 11.5. The van der Waals surface area contributed by atoms with E-state index in [-0.39, 0.29) is 30.6 Å². The summed E-state index contributed by atoms with van der Waals surface area (Å²) < 4.78 is 7.67. The minimum absolute atomic E-state index is 0.0384. The van der Waals surface area contributed by atoms with Crippen LogP contribution >= 0.6 is 11.6 Å². The highest BCUT2D eigenvalue weighted by Crippen LogP contribution is 2.27. The van der Waals surface area contributed by atoms with Crippen molar-refractivity contribution in [3.05, 3.63) is 88.7 Å². The molecule has 10 heteroatoms. The van der Waals surface area contributed by atoms with Crippen LogP contribution in [0.25, 0.3) is 16.9 Å². The van der Waals surface area contributed by atoms with Crippen molar-refractivity contribution < 1.29 is 19.4 Å². The Bertz CT molecular complexity index is 1580. The molecule has 2 aromatic carbocycles. The van der Waals surface area contributed by atoms with Crippen LogP contribution in [-0.4, -0.2) is 76.1 Å². The van der Waals surface area contributed by atoms with E-state index in [0.29, 0.717) is 42.3 Å². The van der Waals surface area contributed by atoms with Gasteiger partial charge in [0.05, 0.1) is 29.4 Å². The number of amides is 2. The summed E-state index contributed by atoms with van der Waals surface area (Å²) in [5, 5.41) is 15.9. The number of pyridine rings is 1. The third-order valence-corrected chi connectivity index (χ3v) is 7.98. The smallest absolute Gasteiger partial charge is 0.251 e. The molecule has 3 heterocycles. The SMILES string of the molecule is CC(C)Oc1ccc(C(=O)N[C@H](CNC(=O)CN2CCCC2)Cc2ccc(-c3cn4cccc(CCO)c4n3)cc2)cc1Cl. The Labute approximate surface area is 263 Å². The summed E-state index contributed by atoms with van der Waals surface area (Å²) in [5.74, 6) is 0.202. The third-order valence-electron chi connectivity index (χ3n) is 7.68. The number of aliphatic hydroxyl groups is 1. The molecule has 0 saturated carbocycles.